The van der Waals surface area contributed by atoms with Crippen LogP contribution < -0.4 is 0 Å². The van der Waals surface area contributed by atoms with E-state index in [9.17, 15) is 9.59 Å². The van der Waals surface area contributed by atoms with Gasteiger partial charge in [0.2, 0.25) is 5.91 Å². The quantitative estimate of drug-likeness (QED) is 0.789. The van der Waals surface area contributed by atoms with E-state index in [1.807, 2.05) is 25.7 Å². The summed E-state index contributed by atoms with van der Waals surface area (Å²) in [6.07, 6.45) is 4.55. The normalized spacial score (nSPS) is 23.5. The van der Waals surface area contributed by atoms with Crippen LogP contribution in [-0.4, -0.2) is 77.6 Å². The molecule has 2 amide bonds. The summed E-state index contributed by atoms with van der Waals surface area (Å²) in [5.74, 6) is 0.0331. The number of carbonyl (C=O) groups is 2. The van der Waals surface area contributed by atoms with Gasteiger partial charge in [-0.05, 0) is 66.6 Å². The molecule has 2 heterocycles. The van der Waals surface area contributed by atoms with Crippen LogP contribution in [0.25, 0.3) is 0 Å². The molecule has 138 valence electrons. The van der Waals surface area contributed by atoms with E-state index in [-0.39, 0.29) is 5.91 Å². The summed E-state index contributed by atoms with van der Waals surface area (Å²) in [5.41, 5.74) is -0.536. The Balaban J connectivity index is 1.77. The number of piperazine rings is 1. The first kappa shape index (κ1) is 19.0. The molecular formula is C18H33N3O3. The van der Waals surface area contributed by atoms with Crippen molar-refractivity contribution in [2.75, 3.05) is 39.3 Å². The molecule has 2 saturated heterocycles. The SMILES string of the molecule is CC1C(=O)N(CCCN2CCCCC2)CCN1C(=O)OC(C)(C)C. The summed E-state index contributed by atoms with van der Waals surface area (Å²) in [5, 5.41) is 0. The van der Waals surface area contributed by atoms with Crippen molar-refractivity contribution in [1.29, 1.82) is 0 Å². The van der Waals surface area contributed by atoms with Gasteiger partial charge < -0.3 is 14.5 Å². The van der Waals surface area contributed by atoms with Gasteiger partial charge in [0.25, 0.3) is 0 Å². The fourth-order valence-electron chi connectivity index (χ4n) is 3.39. The van der Waals surface area contributed by atoms with Gasteiger partial charge in [-0.25, -0.2) is 4.79 Å². The lowest BCUT2D eigenvalue weighted by Crippen LogP contribution is -2.58. The molecule has 6 heteroatoms. The van der Waals surface area contributed by atoms with Crippen molar-refractivity contribution in [2.45, 2.75) is 65.0 Å². The first-order valence-electron chi connectivity index (χ1n) is 9.29. The van der Waals surface area contributed by atoms with E-state index in [4.69, 9.17) is 4.74 Å². The minimum atomic E-state index is -0.536. The average Bonchev–Trinajstić information content (AvgIpc) is 2.51. The number of piperidine rings is 1. The molecule has 2 rings (SSSR count). The summed E-state index contributed by atoms with van der Waals surface area (Å²) in [4.78, 5) is 30.7. The molecule has 0 radical (unpaired) electrons. The summed E-state index contributed by atoms with van der Waals surface area (Å²) < 4.78 is 5.40. The molecule has 0 aromatic rings. The highest BCUT2D eigenvalue weighted by molar-refractivity contribution is 5.86. The molecule has 0 aliphatic carbocycles. The molecule has 24 heavy (non-hydrogen) atoms. The maximum atomic E-state index is 12.6. The smallest absolute Gasteiger partial charge is 0.411 e. The molecule has 2 aliphatic rings. The minimum absolute atomic E-state index is 0.0331. The highest BCUT2D eigenvalue weighted by Gasteiger charge is 2.36. The molecule has 0 aromatic heterocycles. The summed E-state index contributed by atoms with van der Waals surface area (Å²) in [7, 11) is 0. The van der Waals surface area contributed by atoms with Crippen molar-refractivity contribution in [3.05, 3.63) is 0 Å². The van der Waals surface area contributed by atoms with Crippen LogP contribution in [0, 0.1) is 0 Å². The van der Waals surface area contributed by atoms with Crippen molar-refractivity contribution in [3.8, 4) is 0 Å². The van der Waals surface area contributed by atoms with Gasteiger partial charge in [0, 0.05) is 19.6 Å². The zero-order valence-corrected chi connectivity index (χ0v) is 15.7. The van der Waals surface area contributed by atoms with E-state index >= 15 is 0 Å². The van der Waals surface area contributed by atoms with Gasteiger partial charge in [-0.2, -0.15) is 0 Å². The number of likely N-dealkylation sites (tertiary alicyclic amines) is 1. The lowest BCUT2D eigenvalue weighted by molar-refractivity contribution is -0.140. The molecule has 1 atom stereocenters. The second-order valence-electron chi connectivity index (χ2n) is 7.93. The van der Waals surface area contributed by atoms with Crippen LogP contribution in [0.4, 0.5) is 4.79 Å². The van der Waals surface area contributed by atoms with Gasteiger partial charge in [-0.15, -0.1) is 0 Å². The highest BCUT2D eigenvalue weighted by atomic mass is 16.6. The second-order valence-corrected chi connectivity index (χ2v) is 7.93. The number of hydrogen-bond donors (Lipinski definition) is 0. The Hall–Kier alpha value is -1.30. The second kappa shape index (κ2) is 8.19. The molecule has 6 nitrogen and oxygen atoms in total. The van der Waals surface area contributed by atoms with E-state index in [0.29, 0.717) is 13.1 Å². The first-order valence-corrected chi connectivity index (χ1v) is 9.29. The Morgan fingerprint density at radius 3 is 2.38 bits per heavy atom. The first-order chi connectivity index (χ1) is 11.3. The van der Waals surface area contributed by atoms with E-state index in [1.54, 1.807) is 11.8 Å². The van der Waals surface area contributed by atoms with Gasteiger partial charge >= 0.3 is 6.09 Å². The van der Waals surface area contributed by atoms with Crippen LogP contribution in [0.1, 0.15) is 53.4 Å². The number of nitrogens with zero attached hydrogens (tertiary/aromatic N) is 3. The van der Waals surface area contributed by atoms with Crippen LogP contribution in [0.5, 0.6) is 0 Å². The molecule has 2 fully saturated rings. The molecule has 0 spiro atoms. The van der Waals surface area contributed by atoms with E-state index in [2.05, 4.69) is 4.90 Å². The number of carbonyl (C=O) groups excluding carboxylic acids is 2. The minimum Gasteiger partial charge on any atom is -0.444 e. The Kier molecular flexibility index (Phi) is 6.49. The summed E-state index contributed by atoms with van der Waals surface area (Å²) in [6.45, 7) is 12.7. The Morgan fingerprint density at radius 2 is 1.75 bits per heavy atom. The predicted molar refractivity (Wildman–Crippen MR) is 93.9 cm³/mol. The number of hydrogen-bond acceptors (Lipinski definition) is 4. The van der Waals surface area contributed by atoms with Gasteiger partial charge in [-0.1, -0.05) is 6.42 Å². The van der Waals surface area contributed by atoms with E-state index in [1.165, 1.54) is 32.4 Å². The van der Waals surface area contributed by atoms with Gasteiger partial charge in [0.05, 0.1) is 0 Å². The summed E-state index contributed by atoms with van der Waals surface area (Å²) >= 11 is 0. The van der Waals surface area contributed by atoms with Crippen LogP contribution in [0.3, 0.4) is 0 Å². The Bertz CT molecular complexity index is 441. The third kappa shape index (κ3) is 5.36. The van der Waals surface area contributed by atoms with Crippen LogP contribution in [-0.2, 0) is 9.53 Å². The van der Waals surface area contributed by atoms with Crippen LogP contribution in [0.2, 0.25) is 0 Å². The Morgan fingerprint density at radius 1 is 1.08 bits per heavy atom. The number of ether oxygens (including phenoxy) is 1. The fourth-order valence-corrected chi connectivity index (χ4v) is 3.39. The Labute approximate surface area is 146 Å². The third-order valence-electron chi connectivity index (χ3n) is 4.73. The topological polar surface area (TPSA) is 53.1 Å². The third-order valence-corrected chi connectivity index (χ3v) is 4.73. The standard InChI is InChI=1S/C18H33N3O3/c1-15-16(22)20(12-8-11-19-9-6-5-7-10-19)13-14-21(15)17(23)24-18(2,3)4/h15H,5-14H2,1-4H3. The van der Waals surface area contributed by atoms with Gasteiger partial charge in [-0.3, -0.25) is 9.69 Å². The van der Waals surface area contributed by atoms with E-state index < -0.39 is 17.7 Å². The zero-order chi connectivity index (χ0) is 17.7. The molecule has 0 N–H and O–H groups in total. The maximum absolute atomic E-state index is 12.6. The molecule has 0 aromatic carbocycles. The lowest BCUT2D eigenvalue weighted by Gasteiger charge is -2.39. The van der Waals surface area contributed by atoms with Crippen LogP contribution >= 0.6 is 0 Å². The zero-order valence-electron chi connectivity index (χ0n) is 15.7. The maximum Gasteiger partial charge on any atom is 0.411 e. The fraction of sp³-hybridized carbons (Fsp3) is 0.889. The van der Waals surface area contributed by atoms with Gasteiger partial charge in [0.15, 0.2) is 0 Å². The molecule has 1 unspecified atom stereocenters. The van der Waals surface area contributed by atoms with Crippen LogP contribution in [0.15, 0.2) is 0 Å². The lowest BCUT2D eigenvalue weighted by atomic mass is 10.1. The van der Waals surface area contributed by atoms with Crippen molar-refractivity contribution in [3.63, 3.8) is 0 Å². The van der Waals surface area contributed by atoms with Crippen molar-refractivity contribution >= 4 is 12.0 Å². The van der Waals surface area contributed by atoms with Gasteiger partial charge in [0.1, 0.15) is 11.6 Å². The predicted octanol–water partition coefficient (Wildman–Crippen LogP) is 2.33. The average molecular weight is 339 g/mol. The number of rotatable bonds is 4. The monoisotopic (exact) mass is 339 g/mol. The summed E-state index contributed by atoms with van der Waals surface area (Å²) in [6, 6.07) is -0.441. The largest absolute Gasteiger partial charge is 0.444 e. The molecule has 2 aliphatic heterocycles. The highest BCUT2D eigenvalue weighted by Crippen LogP contribution is 2.17. The van der Waals surface area contributed by atoms with Crippen molar-refractivity contribution in [2.24, 2.45) is 0 Å². The van der Waals surface area contributed by atoms with Crippen molar-refractivity contribution in [1.82, 2.24) is 14.7 Å². The molecular weight excluding hydrogens is 306 g/mol. The van der Waals surface area contributed by atoms with Crippen molar-refractivity contribution < 1.29 is 14.3 Å². The molecule has 0 saturated carbocycles. The molecule has 0 bridgehead atoms. The number of amides is 2. The van der Waals surface area contributed by atoms with E-state index in [0.717, 1.165) is 19.5 Å².